The van der Waals surface area contributed by atoms with Crippen LogP contribution in [0.2, 0.25) is 0 Å². The summed E-state index contributed by atoms with van der Waals surface area (Å²) in [6, 6.07) is 7.94. The zero-order valence-corrected chi connectivity index (χ0v) is 11.3. The zero-order chi connectivity index (χ0) is 13.0. The van der Waals surface area contributed by atoms with Crippen LogP contribution < -0.4 is 0 Å². The van der Waals surface area contributed by atoms with Crippen LogP contribution in [0.5, 0.6) is 0 Å². The van der Waals surface area contributed by atoms with E-state index < -0.39 is 5.60 Å². The highest BCUT2D eigenvalue weighted by atomic mass is 16.6. The predicted octanol–water partition coefficient (Wildman–Crippen LogP) is 3.39. The molecular formula is C16H20O2. The smallest absolute Gasteiger partial charge is 0.197 e. The molecule has 1 aromatic rings. The quantitative estimate of drug-likeness (QED) is 0.709. The standard InChI is InChI=1S/C16H20O2/c1-15(2,3)10-13-16(18-13)9-8-11-6-4-5-7-12(11)14(16)17/h4-7,13H,8-10H2,1-3H3/t13-,16+/m1/s1. The summed E-state index contributed by atoms with van der Waals surface area (Å²) in [6.07, 6.45) is 2.89. The molecule has 96 valence electrons. The molecule has 2 heteroatoms. The zero-order valence-electron chi connectivity index (χ0n) is 11.3. The van der Waals surface area contributed by atoms with Gasteiger partial charge in [0.1, 0.15) is 0 Å². The molecule has 1 spiro atoms. The second kappa shape index (κ2) is 3.67. The minimum Gasteiger partial charge on any atom is -0.357 e. The average molecular weight is 244 g/mol. The topological polar surface area (TPSA) is 29.6 Å². The molecule has 0 N–H and O–H groups in total. The fourth-order valence-corrected chi connectivity index (χ4v) is 3.02. The number of carbonyl (C=O) groups excluding carboxylic acids is 1. The van der Waals surface area contributed by atoms with Crippen molar-refractivity contribution in [1.29, 1.82) is 0 Å². The molecule has 2 aliphatic rings. The Morgan fingerprint density at radius 2 is 2.06 bits per heavy atom. The maximum absolute atomic E-state index is 12.6. The van der Waals surface area contributed by atoms with Crippen LogP contribution in [0.1, 0.15) is 49.5 Å². The molecule has 2 atom stereocenters. The number of ether oxygens (including phenoxy) is 1. The number of carbonyl (C=O) groups is 1. The number of aryl methyl sites for hydroxylation is 1. The maximum Gasteiger partial charge on any atom is 0.197 e. The highest BCUT2D eigenvalue weighted by molar-refractivity contribution is 6.06. The molecule has 3 rings (SSSR count). The Hall–Kier alpha value is -1.15. The van der Waals surface area contributed by atoms with Crippen molar-refractivity contribution in [3.63, 3.8) is 0 Å². The average Bonchev–Trinajstić information content (AvgIpc) is 2.96. The Morgan fingerprint density at radius 3 is 2.78 bits per heavy atom. The highest BCUT2D eigenvalue weighted by Crippen LogP contribution is 2.50. The molecule has 1 heterocycles. The fraction of sp³-hybridized carbons (Fsp3) is 0.562. The first-order chi connectivity index (χ1) is 8.42. The SMILES string of the molecule is CC(C)(C)C[C@H]1O[C@@]12CCc1ccccc1C2=O. The minimum atomic E-state index is -0.484. The lowest BCUT2D eigenvalue weighted by Crippen LogP contribution is -2.34. The van der Waals surface area contributed by atoms with Gasteiger partial charge in [-0.25, -0.2) is 0 Å². The summed E-state index contributed by atoms with van der Waals surface area (Å²) in [5.74, 6) is 0.207. The van der Waals surface area contributed by atoms with Gasteiger partial charge in [0.15, 0.2) is 11.4 Å². The normalized spacial score (nSPS) is 30.4. The third-order valence-electron chi connectivity index (χ3n) is 4.03. The number of hydrogen-bond donors (Lipinski definition) is 0. The third kappa shape index (κ3) is 1.79. The van der Waals surface area contributed by atoms with E-state index in [0.717, 1.165) is 24.8 Å². The minimum absolute atomic E-state index is 0.123. The lowest BCUT2D eigenvalue weighted by molar-refractivity contribution is 0.0850. The van der Waals surface area contributed by atoms with E-state index in [1.54, 1.807) is 0 Å². The van der Waals surface area contributed by atoms with Gasteiger partial charge in [0.2, 0.25) is 0 Å². The number of epoxide rings is 1. The van der Waals surface area contributed by atoms with Crippen molar-refractivity contribution in [2.75, 3.05) is 0 Å². The van der Waals surface area contributed by atoms with Crippen molar-refractivity contribution in [2.45, 2.75) is 51.7 Å². The van der Waals surface area contributed by atoms with Gasteiger partial charge < -0.3 is 4.74 Å². The van der Waals surface area contributed by atoms with Crippen LogP contribution in [-0.2, 0) is 11.2 Å². The van der Waals surface area contributed by atoms with Crippen LogP contribution in [0.4, 0.5) is 0 Å². The van der Waals surface area contributed by atoms with Crippen molar-refractivity contribution in [1.82, 2.24) is 0 Å². The van der Waals surface area contributed by atoms with Gasteiger partial charge in [-0.05, 0) is 30.2 Å². The number of hydrogen-bond acceptors (Lipinski definition) is 2. The van der Waals surface area contributed by atoms with E-state index in [1.807, 2.05) is 18.2 Å². The molecule has 0 bridgehead atoms. The molecule has 0 radical (unpaired) electrons. The summed E-state index contributed by atoms with van der Waals surface area (Å²) < 4.78 is 5.84. The molecule has 18 heavy (non-hydrogen) atoms. The second-order valence-corrected chi connectivity index (χ2v) is 6.75. The molecule has 1 fully saturated rings. The van der Waals surface area contributed by atoms with Crippen molar-refractivity contribution in [3.05, 3.63) is 35.4 Å². The van der Waals surface area contributed by atoms with E-state index >= 15 is 0 Å². The van der Waals surface area contributed by atoms with Crippen LogP contribution in [0.3, 0.4) is 0 Å². The lowest BCUT2D eigenvalue weighted by Gasteiger charge is -2.22. The Morgan fingerprint density at radius 1 is 1.33 bits per heavy atom. The summed E-state index contributed by atoms with van der Waals surface area (Å²) in [5.41, 5.74) is 1.78. The molecule has 0 unspecified atom stereocenters. The summed E-state index contributed by atoms with van der Waals surface area (Å²) >= 11 is 0. The third-order valence-corrected chi connectivity index (χ3v) is 4.03. The van der Waals surface area contributed by atoms with E-state index in [2.05, 4.69) is 26.8 Å². The van der Waals surface area contributed by atoms with Crippen LogP contribution in [-0.4, -0.2) is 17.5 Å². The van der Waals surface area contributed by atoms with E-state index in [0.29, 0.717) is 0 Å². The summed E-state index contributed by atoms with van der Waals surface area (Å²) in [7, 11) is 0. The van der Waals surface area contributed by atoms with Crippen molar-refractivity contribution < 1.29 is 9.53 Å². The molecule has 0 saturated carbocycles. The molecule has 1 aliphatic heterocycles. The Bertz CT molecular complexity index is 498. The lowest BCUT2D eigenvalue weighted by atomic mass is 9.77. The predicted molar refractivity (Wildman–Crippen MR) is 70.8 cm³/mol. The first-order valence-electron chi connectivity index (χ1n) is 6.73. The van der Waals surface area contributed by atoms with E-state index in [9.17, 15) is 4.79 Å². The van der Waals surface area contributed by atoms with Crippen LogP contribution in [0.25, 0.3) is 0 Å². The van der Waals surface area contributed by atoms with Crippen LogP contribution >= 0.6 is 0 Å². The first-order valence-corrected chi connectivity index (χ1v) is 6.73. The number of benzene rings is 1. The molecule has 1 aliphatic carbocycles. The van der Waals surface area contributed by atoms with E-state index in [4.69, 9.17) is 4.74 Å². The van der Waals surface area contributed by atoms with Crippen molar-refractivity contribution in [3.8, 4) is 0 Å². The fourth-order valence-electron chi connectivity index (χ4n) is 3.02. The summed E-state index contributed by atoms with van der Waals surface area (Å²) in [4.78, 5) is 12.6. The highest BCUT2D eigenvalue weighted by Gasteiger charge is 2.63. The van der Waals surface area contributed by atoms with Crippen molar-refractivity contribution in [2.24, 2.45) is 5.41 Å². The number of Topliss-reactive ketones (excluding diaryl/α,β-unsaturated/α-hetero) is 1. The summed E-state index contributed by atoms with van der Waals surface area (Å²) in [5, 5.41) is 0. The van der Waals surface area contributed by atoms with E-state index in [-0.39, 0.29) is 17.3 Å². The number of rotatable bonds is 1. The summed E-state index contributed by atoms with van der Waals surface area (Å²) in [6.45, 7) is 6.59. The van der Waals surface area contributed by atoms with Gasteiger partial charge in [-0.15, -0.1) is 0 Å². The molecule has 2 nitrogen and oxygen atoms in total. The molecule has 1 saturated heterocycles. The van der Waals surface area contributed by atoms with Crippen LogP contribution in [0.15, 0.2) is 24.3 Å². The molecule has 1 aromatic carbocycles. The molecular weight excluding hydrogens is 224 g/mol. The number of fused-ring (bicyclic) bond motifs is 1. The van der Waals surface area contributed by atoms with Gasteiger partial charge in [0.25, 0.3) is 0 Å². The van der Waals surface area contributed by atoms with Gasteiger partial charge in [-0.1, -0.05) is 45.0 Å². The Labute approximate surface area is 108 Å². The number of ketones is 1. The largest absolute Gasteiger partial charge is 0.357 e. The van der Waals surface area contributed by atoms with Gasteiger partial charge >= 0.3 is 0 Å². The Kier molecular flexibility index (Phi) is 2.43. The second-order valence-electron chi connectivity index (χ2n) is 6.75. The molecule has 0 amide bonds. The van der Waals surface area contributed by atoms with Crippen LogP contribution in [0, 0.1) is 5.41 Å². The van der Waals surface area contributed by atoms with Gasteiger partial charge in [-0.2, -0.15) is 0 Å². The van der Waals surface area contributed by atoms with Gasteiger partial charge in [-0.3, -0.25) is 4.79 Å². The van der Waals surface area contributed by atoms with E-state index in [1.165, 1.54) is 5.56 Å². The van der Waals surface area contributed by atoms with Gasteiger partial charge in [0, 0.05) is 5.56 Å². The van der Waals surface area contributed by atoms with Crippen molar-refractivity contribution >= 4 is 5.78 Å². The monoisotopic (exact) mass is 244 g/mol. The first kappa shape index (κ1) is 11.9. The van der Waals surface area contributed by atoms with Gasteiger partial charge in [0.05, 0.1) is 6.10 Å². The Balaban J connectivity index is 1.85. The maximum atomic E-state index is 12.6. The molecule has 0 aromatic heterocycles.